The van der Waals surface area contributed by atoms with Crippen molar-refractivity contribution in [2.45, 2.75) is 19.3 Å². The number of ether oxygens (including phenoxy) is 1. The minimum Gasteiger partial charge on any atom is -0.497 e. The lowest BCUT2D eigenvalue weighted by molar-refractivity contribution is -0.137. The average molecular weight is 262 g/mol. The molecule has 0 radical (unpaired) electrons. The van der Waals surface area contributed by atoms with E-state index in [1.54, 1.807) is 13.2 Å². The van der Waals surface area contributed by atoms with Crippen LogP contribution in [0.1, 0.15) is 18.7 Å². The number of benzene rings is 1. The van der Waals surface area contributed by atoms with E-state index in [1.807, 2.05) is 18.2 Å². The number of aryl methyl sites for hydroxylation is 1. The Balaban J connectivity index is 2.05. The fraction of sp³-hybridized carbons (Fsp3) is 0.308. The summed E-state index contributed by atoms with van der Waals surface area (Å²) in [5.41, 5.74) is 0.774. The van der Waals surface area contributed by atoms with Crippen LogP contribution < -0.4 is 4.74 Å². The van der Waals surface area contributed by atoms with Crippen molar-refractivity contribution in [1.82, 2.24) is 10.2 Å². The Kier molecular flexibility index (Phi) is 4.12. The summed E-state index contributed by atoms with van der Waals surface area (Å²) < 4.78 is 10.6. The minimum absolute atomic E-state index is 0.0941. The van der Waals surface area contributed by atoms with Crippen LogP contribution in [0, 0.1) is 0 Å². The molecule has 0 saturated carbocycles. The Bertz CT molecular complexity index is 565. The van der Waals surface area contributed by atoms with E-state index in [-0.39, 0.29) is 6.42 Å². The van der Waals surface area contributed by atoms with Crippen molar-refractivity contribution in [2.75, 3.05) is 7.11 Å². The fourth-order valence-electron chi connectivity index (χ4n) is 1.62. The van der Waals surface area contributed by atoms with Gasteiger partial charge in [0.15, 0.2) is 0 Å². The summed E-state index contributed by atoms with van der Waals surface area (Å²) >= 11 is 0. The normalized spacial score (nSPS) is 10.4. The lowest BCUT2D eigenvalue weighted by Crippen LogP contribution is -1.95. The molecule has 0 fully saturated rings. The van der Waals surface area contributed by atoms with E-state index in [2.05, 4.69) is 10.2 Å². The molecule has 1 N–H and O–H groups in total. The molecule has 19 heavy (non-hydrogen) atoms. The first-order valence-corrected chi connectivity index (χ1v) is 5.87. The van der Waals surface area contributed by atoms with Crippen LogP contribution >= 0.6 is 0 Å². The SMILES string of the molecule is COc1cccc(-c2nnc(CCCC(=O)O)o2)c1. The van der Waals surface area contributed by atoms with Gasteiger partial charge in [-0.25, -0.2) is 0 Å². The van der Waals surface area contributed by atoms with Gasteiger partial charge in [0.25, 0.3) is 0 Å². The molecule has 6 nitrogen and oxygen atoms in total. The second kappa shape index (κ2) is 5.99. The Hall–Kier alpha value is -2.37. The van der Waals surface area contributed by atoms with Crippen LogP contribution in [-0.2, 0) is 11.2 Å². The van der Waals surface area contributed by atoms with E-state index in [0.29, 0.717) is 30.4 Å². The highest BCUT2D eigenvalue weighted by Crippen LogP contribution is 2.22. The van der Waals surface area contributed by atoms with Gasteiger partial charge in [-0.3, -0.25) is 4.79 Å². The van der Waals surface area contributed by atoms with Crippen LogP contribution in [0.4, 0.5) is 0 Å². The van der Waals surface area contributed by atoms with E-state index in [9.17, 15) is 4.79 Å². The molecule has 0 saturated heterocycles. The van der Waals surface area contributed by atoms with Crippen molar-refractivity contribution in [3.63, 3.8) is 0 Å². The maximum absolute atomic E-state index is 10.4. The Morgan fingerprint density at radius 3 is 3.00 bits per heavy atom. The maximum Gasteiger partial charge on any atom is 0.303 e. The minimum atomic E-state index is -0.826. The number of methoxy groups -OCH3 is 1. The Morgan fingerprint density at radius 2 is 2.26 bits per heavy atom. The third-order valence-corrected chi connectivity index (χ3v) is 2.56. The zero-order chi connectivity index (χ0) is 13.7. The van der Waals surface area contributed by atoms with Gasteiger partial charge in [0, 0.05) is 18.4 Å². The van der Waals surface area contributed by atoms with E-state index in [4.69, 9.17) is 14.3 Å². The van der Waals surface area contributed by atoms with Crippen molar-refractivity contribution < 1.29 is 19.1 Å². The Labute approximate surface area is 110 Å². The van der Waals surface area contributed by atoms with E-state index in [1.165, 1.54) is 0 Å². The predicted molar refractivity (Wildman–Crippen MR) is 66.9 cm³/mol. The summed E-state index contributed by atoms with van der Waals surface area (Å²) in [5, 5.41) is 16.4. The summed E-state index contributed by atoms with van der Waals surface area (Å²) in [6.45, 7) is 0. The molecular weight excluding hydrogens is 248 g/mol. The van der Waals surface area contributed by atoms with Gasteiger partial charge in [0.1, 0.15) is 5.75 Å². The molecule has 0 amide bonds. The molecule has 2 rings (SSSR count). The van der Waals surface area contributed by atoms with Crippen LogP contribution in [0.5, 0.6) is 5.75 Å². The molecule has 1 heterocycles. The number of carboxylic acid groups (broad SMARTS) is 1. The highest BCUT2D eigenvalue weighted by Gasteiger charge is 2.09. The summed E-state index contributed by atoms with van der Waals surface area (Å²) in [6.07, 6.45) is 1.04. The number of aromatic nitrogens is 2. The van der Waals surface area contributed by atoms with Gasteiger partial charge in [-0.05, 0) is 24.6 Å². The van der Waals surface area contributed by atoms with Crippen molar-refractivity contribution in [2.24, 2.45) is 0 Å². The lowest BCUT2D eigenvalue weighted by Gasteiger charge is -2.00. The van der Waals surface area contributed by atoms with Crippen molar-refractivity contribution in [1.29, 1.82) is 0 Å². The second-order valence-electron chi connectivity index (χ2n) is 3.98. The van der Waals surface area contributed by atoms with E-state index >= 15 is 0 Å². The predicted octanol–water partition coefficient (Wildman–Crippen LogP) is 2.15. The lowest BCUT2D eigenvalue weighted by atomic mass is 10.2. The van der Waals surface area contributed by atoms with E-state index in [0.717, 1.165) is 5.56 Å². The molecule has 0 aliphatic heterocycles. The quantitative estimate of drug-likeness (QED) is 0.858. The summed E-state index contributed by atoms with van der Waals surface area (Å²) in [5.74, 6) is 0.735. The molecule has 0 bridgehead atoms. The molecule has 100 valence electrons. The van der Waals surface area contributed by atoms with Gasteiger partial charge < -0.3 is 14.3 Å². The number of nitrogens with zero attached hydrogens (tertiary/aromatic N) is 2. The van der Waals surface area contributed by atoms with Crippen LogP contribution in [0.2, 0.25) is 0 Å². The first-order chi connectivity index (χ1) is 9.19. The fourth-order valence-corrected chi connectivity index (χ4v) is 1.62. The number of hydrogen-bond acceptors (Lipinski definition) is 5. The van der Waals surface area contributed by atoms with Gasteiger partial charge in [-0.1, -0.05) is 6.07 Å². The van der Waals surface area contributed by atoms with Crippen molar-refractivity contribution in [3.05, 3.63) is 30.2 Å². The van der Waals surface area contributed by atoms with Crippen LogP contribution in [-0.4, -0.2) is 28.4 Å². The zero-order valence-corrected chi connectivity index (χ0v) is 10.5. The molecule has 0 aliphatic rings. The second-order valence-corrected chi connectivity index (χ2v) is 3.98. The first-order valence-electron chi connectivity index (χ1n) is 5.87. The molecule has 1 aromatic carbocycles. The van der Waals surface area contributed by atoms with Gasteiger partial charge in [0.05, 0.1) is 7.11 Å². The first kappa shape index (κ1) is 13.1. The van der Waals surface area contributed by atoms with Crippen molar-refractivity contribution >= 4 is 5.97 Å². The molecule has 2 aromatic rings. The van der Waals surface area contributed by atoms with Crippen molar-refractivity contribution in [3.8, 4) is 17.2 Å². The highest BCUT2D eigenvalue weighted by molar-refractivity contribution is 5.66. The van der Waals surface area contributed by atoms with Gasteiger partial charge >= 0.3 is 5.97 Å². The number of rotatable bonds is 6. The highest BCUT2D eigenvalue weighted by atomic mass is 16.5. The van der Waals surface area contributed by atoms with E-state index < -0.39 is 5.97 Å². The number of carboxylic acids is 1. The third kappa shape index (κ3) is 3.54. The van der Waals surface area contributed by atoms with Gasteiger partial charge in [-0.2, -0.15) is 0 Å². The van der Waals surface area contributed by atoms with Crippen LogP contribution in [0.15, 0.2) is 28.7 Å². The summed E-state index contributed by atoms with van der Waals surface area (Å²) in [6, 6.07) is 7.31. The largest absolute Gasteiger partial charge is 0.497 e. The topological polar surface area (TPSA) is 85.5 Å². The standard InChI is InChI=1S/C13H14N2O4/c1-18-10-5-2-4-9(8-10)13-15-14-11(19-13)6-3-7-12(16)17/h2,4-5,8H,3,6-7H2,1H3,(H,16,17). The van der Waals surface area contributed by atoms with Crippen LogP contribution in [0.3, 0.4) is 0 Å². The smallest absolute Gasteiger partial charge is 0.303 e. The molecular formula is C13H14N2O4. The molecule has 1 aromatic heterocycles. The monoisotopic (exact) mass is 262 g/mol. The number of hydrogen-bond donors (Lipinski definition) is 1. The Morgan fingerprint density at radius 1 is 1.42 bits per heavy atom. The molecule has 0 atom stereocenters. The summed E-state index contributed by atoms with van der Waals surface area (Å²) in [7, 11) is 1.59. The molecule has 6 heteroatoms. The van der Waals surface area contributed by atoms with Gasteiger partial charge in [-0.15, -0.1) is 10.2 Å². The average Bonchev–Trinajstić information content (AvgIpc) is 2.87. The number of aliphatic carboxylic acids is 1. The van der Waals surface area contributed by atoms with Gasteiger partial charge in [0.2, 0.25) is 11.8 Å². The summed E-state index contributed by atoms with van der Waals surface area (Å²) in [4.78, 5) is 10.4. The molecule has 0 spiro atoms. The zero-order valence-electron chi connectivity index (χ0n) is 10.5. The van der Waals surface area contributed by atoms with Crippen LogP contribution in [0.25, 0.3) is 11.5 Å². The molecule has 0 aliphatic carbocycles. The molecule has 0 unspecified atom stereocenters. The number of carbonyl (C=O) groups is 1. The maximum atomic E-state index is 10.4. The third-order valence-electron chi connectivity index (χ3n) is 2.56.